The second-order valence-corrected chi connectivity index (χ2v) is 3.31. The van der Waals surface area contributed by atoms with E-state index in [1.165, 1.54) is 0 Å². The molecule has 6 nitrogen and oxygen atoms in total. The fraction of sp³-hybridized carbons (Fsp3) is 0.364. The van der Waals surface area contributed by atoms with Crippen LogP contribution in [0.25, 0.3) is 0 Å². The fourth-order valence-electron chi connectivity index (χ4n) is 1.38. The van der Waals surface area contributed by atoms with E-state index in [0.717, 1.165) is 11.5 Å². The lowest BCUT2D eigenvalue weighted by Gasteiger charge is -2.10. The molecule has 0 fully saturated rings. The third kappa shape index (κ3) is 3.17. The normalized spacial score (nSPS) is 10.2. The van der Waals surface area contributed by atoms with Gasteiger partial charge >= 0.3 is 0 Å². The van der Waals surface area contributed by atoms with E-state index in [0.29, 0.717) is 25.5 Å². The van der Waals surface area contributed by atoms with E-state index in [-0.39, 0.29) is 0 Å². The molecule has 1 aromatic heterocycles. The van der Waals surface area contributed by atoms with Crippen LogP contribution in [0.5, 0.6) is 11.5 Å². The van der Waals surface area contributed by atoms with Crippen molar-refractivity contribution in [1.29, 1.82) is 0 Å². The van der Waals surface area contributed by atoms with Crippen molar-refractivity contribution >= 4 is 0 Å². The standard InChI is InChI=1S/C11H14N4O2/c1-2-16-9-5-3-4-6-10(9)17-8-7-11-12-14-15-13-11/h3-6H,2,7-8H2,1H3,(H,12,13,14,15). The van der Waals surface area contributed by atoms with Gasteiger partial charge in [0.05, 0.1) is 13.2 Å². The summed E-state index contributed by atoms with van der Waals surface area (Å²) in [5.74, 6) is 2.12. The molecule has 90 valence electrons. The minimum absolute atomic E-state index is 0.490. The summed E-state index contributed by atoms with van der Waals surface area (Å²) in [5.41, 5.74) is 0. The first-order valence-electron chi connectivity index (χ1n) is 5.47. The zero-order valence-electron chi connectivity index (χ0n) is 9.59. The van der Waals surface area contributed by atoms with Crippen LogP contribution in [0.2, 0.25) is 0 Å². The molecule has 2 rings (SSSR count). The Hall–Kier alpha value is -2.11. The van der Waals surface area contributed by atoms with Crippen LogP contribution in [0.3, 0.4) is 0 Å². The van der Waals surface area contributed by atoms with Gasteiger partial charge in [0.1, 0.15) is 0 Å². The smallest absolute Gasteiger partial charge is 0.177 e. The average Bonchev–Trinajstić information content (AvgIpc) is 2.85. The SMILES string of the molecule is CCOc1ccccc1OCCc1nn[nH]n1. The van der Waals surface area contributed by atoms with Crippen molar-refractivity contribution in [3.8, 4) is 11.5 Å². The predicted molar refractivity (Wildman–Crippen MR) is 61.0 cm³/mol. The molecule has 0 aliphatic heterocycles. The Morgan fingerprint density at radius 3 is 2.59 bits per heavy atom. The van der Waals surface area contributed by atoms with E-state index >= 15 is 0 Å². The first-order chi connectivity index (χ1) is 8.40. The quantitative estimate of drug-likeness (QED) is 0.813. The van der Waals surface area contributed by atoms with Crippen molar-refractivity contribution in [2.24, 2.45) is 0 Å². The van der Waals surface area contributed by atoms with Gasteiger partial charge in [0.2, 0.25) is 0 Å². The predicted octanol–water partition coefficient (Wildman–Crippen LogP) is 1.22. The molecule has 0 radical (unpaired) electrons. The van der Waals surface area contributed by atoms with E-state index in [4.69, 9.17) is 9.47 Å². The highest BCUT2D eigenvalue weighted by Crippen LogP contribution is 2.26. The largest absolute Gasteiger partial charge is 0.490 e. The van der Waals surface area contributed by atoms with E-state index in [1.54, 1.807) is 0 Å². The molecule has 1 aromatic carbocycles. The lowest BCUT2D eigenvalue weighted by atomic mass is 10.3. The Balaban J connectivity index is 1.89. The Labute approximate surface area is 98.9 Å². The zero-order chi connectivity index (χ0) is 11.9. The maximum atomic E-state index is 5.62. The van der Waals surface area contributed by atoms with E-state index in [9.17, 15) is 0 Å². The number of ether oxygens (including phenoxy) is 2. The fourth-order valence-corrected chi connectivity index (χ4v) is 1.38. The van der Waals surface area contributed by atoms with Crippen molar-refractivity contribution < 1.29 is 9.47 Å². The summed E-state index contributed by atoms with van der Waals surface area (Å²) < 4.78 is 11.1. The van der Waals surface area contributed by atoms with Gasteiger partial charge in [-0.1, -0.05) is 17.3 Å². The molecule has 0 atom stereocenters. The topological polar surface area (TPSA) is 72.9 Å². The summed E-state index contributed by atoms with van der Waals surface area (Å²) in [4.78, 5) is 0. The maximum absolute atomic E-state index is 5.62. The lowest BCUT2D eigenvalue weighted by Crippen LogP contribution is -2.04. The van der Waals surface area contributed by atoms with Gasteiger partial charge in [0.15, 0.2) is 17.3 Å². The molecule has 1 N–H and O–H groups in total. The third-order valence-corrected chi connectivity index (χ3v) is 2.12. The van der Waals surface area contributed by atoms with Crippen LogP contribution in [-0.4, -0.2) is 33.8 Å². The molecular formula is C11H14N4O2. The Bertz CT molecular complexity index is 444. The van der Waals surface area contributed by atoms with Crippen molar-refractivity contribution in [3.05, 3.63) is 30.1 Å². The second-order valence-electron chi connectivity index (χ2n) is 3.31. The summed E-state index contributed by atoms with van der Waals surface area (Å²) in [6.07, 6.45) is 0.608. The Kier molecular flexibility index (Phi) is 3.90. The number of nitrogens with one attached hydrogen (secondary N) is 1. The second kappa shape index (κ2) is 5.83. The summed E-state index contributed by atoms with van der Waals surface area (Å²) in [6.45, 7) is 3.05. The van der Waals surface area contributed by atoms with Crippen molar-refractivity contribution in [2.75, 3.05) is 13.2 Å². The summed E-state index contributed by atoms with van der Waals surface area (Å²) in [5, 5.41) is 13.6. The van der Waals surface area contributed by atoms with Crippen molar-refractivity contribution in [1.82, 2.24) is 20.6 Å². The van der Waals surface area contributed by atoms with Gasteiger partial charge in [-0.25, -0.2) is 0 Å². The number of hydrogen-bond donors (Lipinski definition) is 1. The van der Waals surface area contributed by atoms with Crippen molar-refractivity contribution in [2.45, 2.75) is 13.3 Å². The summed E-state index contributed by atoms with van der Waals surface area (Å²) in [6, 6.07) is 7.58. The average molecular weight is 234 g/mol. The van der Waals surface area contributed by atoms with Gasteiger partial charge in [0, 0.05) is 6.42 Å². The molecule has 0 spiro atoms. The Morgan fingerprint density at radius 2 is 1.94 bits per heavy atom. The highest BCUT2D eigenvalue weighted by molar-refractivity contribution is 5.39. The Morgan fingerprint density at radius 1 is 1.18 bits per heavy atom. The molecule has 0 bridgehead atoms. The summed E-state index contributed by atoms with van der Waals surface area (Å²) >= 11 is 0. The van der Waals surface area contributed by atoms with E-state index in [2.05, 4.69) is 20.6 Å². The molecule has 0 amide bonds. The molecule has 0 saturated heterocycles. The molecular weight excluding hydrogens is 220 g/mol. The first-order valence-corrected chi connectivity index (χ1v) is 5.47. The number of para-hydroxylation sites is 2. The monoisotopic (exact) mass is 234 g/mol. The minimum atomic E-state index is 0.490. The van der Waals surface area contributed by atoms with Crippen LogP contribution in [0.15, 0.2) is 24.3 Å². The van der Waals surface area contributed by atoms with Crippen molar-refractivity contribution in [3.63, 3.8) is 0 Å². The van der Waals surface area contributed by atoms with E-state index in [1.807, 2.05) is 31.2 Å². The molecule has 6 heteroatoms. The zero-order valence-corrected chi connectivity index (χ0v) is 9.59. The third-order valence-electron chi connectivity index (χ3n) is 2.12. The van der Waals surface area contributed by atoms with Gasteiger partial charge in [0.25, 0.3) is 0 Å². The molecule has 2 aromatic rings. The number of aromatic nitrogens is 4. The lowest BCUT2D eigenvalue weighted by molar-refractivity contribution is 0.278. The van der Waals surface area contributed by atoms with Gasteiger partial charge in [-0.15, -0.1) is 10.2 Å². The number of tetrazole rings is 1. The van der Waals surface area contributed by atoms with Crippen LogP contribution < -0.4 is 9.47 Å². The highest BCUT2D eigenvalue weighted by atomic mass is 16.5. The van der Waals surface area contributed by atoms with Gasteiger partial charge in [-0.3, -0.25) is 0 Å². The van der Waals surface area contributed by atoms with Crippen LogP contribution in [0, 0.1) is 0 Å². The number of H-pyrrole nitrogens is 1. The van der Waals surface area contributed by atoms with Crippen LogP contribution in [0.1, 0.15) is 12.7 Å². The van der Waals surface area contributed by atoms with Crippen LogP contribution in [0.4, 0.5) is 0 Å². The van der Waals surface area contributed by atoms with Gasteiger partial charge < -0.3 is 9.47 Å². The molecule has 17 heavy (non-hydrogen) atoms. The number of benzene rings is 1. The van der Waals surface area contributed by atoms with Gasteiger partial charge in [-0.2, -0.15) is 5.21 Å². The molecule has 0 unspecified atom stereocenters. The van der Waals surface area contributed by atoms with Gasteiger partial charge in [-0.05, 0) is 19.1 Å². The van der Waals surface area contributed by atoms with Crippen LogP contribution >= 0.6 is 0 Å². The molecule has 1 heterocycles. The maximum Gasteiger partial charge on any atom is 0.177 e. The number of aromatic amines is 1. The summed E-state index contributed by atoms with van der Waals surface area (Å²) in [7, 11) is 0. The first kappa shape index (κ1) is 11.4. The molecule has 0 aliphatic rings. The molecule has 0 saturated carbocycles. The minimum Gasteiger partial charge on any atom is -0.490 e. The number of hydrogen-bond acceptors (Lipinski definition) is 5. The van der Waals surface area contributed by atoms with Crippen LogP contribution in [-0.2, 0) is 6.42 Å². The number of nitrogens with zero attached hydrogens (tertiary/aromatic N) is 3. The van der Waals surface area contributed by atoms with E-state index < -0.39 is 0 Å². The number of rotatable bonds is 6. The molecule has 0 aliphatic carbocycles. The highest BCUT2D eigenvalue weighted by Gasteiger charge is 2.04.